The number of rotatable bonds is 0. The van der Waals surface area contributed by atoms with Gasteiger partial charge in [-0.2, -0.15) is 0 Å². The molecule has 58 heavy (non-hydrogen) atoms. The van der Waals surface area contributed by atoms with Crippen LogP contribution in [0.2, 0.25) is 0 Å². The highest BCUT2D eigenvalue weighted by Gasteiger charge is 2.23. The molecule has 272 valence electrons. The van der Waals surface area contributed by atoms with Crippen LogP contribution in [0.25, 0.3) is 58.0 Å². The second-order valence-electron chi connectivity index (χ2n) is 14.1. The maximum absolute atomic E-state index is 5.01. The summed E-state index contributed by atoms with van der Waals surface area (Å²) in [5.74, 6) is 13.8. The Morgan fingerprint density at radius 1 is 0.586 bits per heavy atom. The average molecular weight is 747 g/mol. The van der Waals surface area contributed by atoms with Gasteiger partial charge in [-0.05, 0) is 151 Å². The molecule has 0 unspecified atom stereocenters. The standard InChI is InChI=1S/C48H30N10/c1-58-23-22-49-48(58)47-45-20-14-37(56-45)27-35-12-18-43(54-35)40(44-19-13-36(55-44)28-38-15-21-46(47)57-38)5-3-2-4-39-41-16-10-33(52-41)25-31-8-6-29(50-31)24-30-7-9-32(51-30)26-34-11-17-42(39)53-34/h6-28,49-51,56H,1H3/b29-24?,30-24?,31-25?,32-26?,33-25?,34-26?,35-27?,38-28?,41-39?,42-39?,44-40?,48-47+. The SMILES string of the molecule is CN1C=CN/C1=C1\C2=NC(=CC3=NC(=C(C#CC#Cc4c5nc(cc6ccc(cc7ccc(cc8nc4C=C8)[nH]7)[nH]6)C=C5)C4=NC(=Cc5ccc1[nH]5)C=C4)C=C3)C=C2. The molecule has 7 aliphatic heterocycles. The summed E-state index contributed by atoms with van der Waals surface area (Å²) in [4.78, 5) is 37.4. The lowest BCUT2D eigenvalue weighted by atomic mass is 10.1. The smallest absolute Gasteiger partial charge is 0.121 e. The number of hydrogen-bond donors (Lipinski definition) is 4. The van der Waals surface area contributed by atoms with E-state index in [1.165, 1.54) is 0 Å². The van der Waals surface area contributed by atoms with Gasteiger partial charge in [0.25, 0.3) is 0 Å². The molecule has 0 saturated heterocycles. The Morgan fingerprint density at radius 3 is 1.98 bits per heavy atom. The summed E-state index contributed by atoms with van der Waals surface area (Å²) in [6, 6.07) is 18.4. The van der Waals surface area contributed by atoms with Crippen LogP contribution in [0.3, 0.4) is 0 Å². The minimum atomic E-state index is 0.668. The molecule has 10 nitrogen and oxygen atoms in total. The van der Waals surface area contributed by atoms with Gasteiger partial charge in [-0.3, -0.25) is 0 Å². The molecule has 11 heterocycles. The molecule has 0 atom stereocenters. The molecule has 11 rings (SSSR count). The highest BCUT2D eigenvalue weighted by Crippen LogP contribution is 2.30. The molecule has 0 aliphatic carbocycles. The molecule has 0 saturated carbocycles. The zero-order valence-electron chi connectivity index (χ0n) is 31.0. The molecule has 0 spiro atoms. The fourth-order valence-corrected chi connectivity index (χ4v) is 7.37. The fraction of sp³-hybridized carbons (Fsp3) is 0.0208. The Labute approximate surface area is 332 Å². The van der Waals surface area contributed by atoms with Crippen molar-refractivity contribution >= 4 is 75.2 Å². The minimum Gasteiger partial charge on any atom is -0.355 e. The van der Waals surface area contributed by atoms with Crippen molar-refractivity contribution in [2.75, 3.05) is 7.05 Å². The van der Waals surface area contributed by atoms with E-state index in [9.17, 15) is 0 Å². The highest BCUT2D eigenvalue weighted by atomic mass is 15.3. The van der Waals surface area contributed by atoms with Gasteiger partial charge < -0.3 is 25.2 Å². The number of aliphatic imine (C=N–C) groups is 3. The number of allylic oxidation sites excluding steroid dienone is 9. The molecule has 4 N–H and O–H groups in total. The van der Waals surface area contributed by atoms with Gasteiger partial charge in [0.2, 0.25) is 0 Å². The number of fused-ring (bicyclic) bond motifs is 13. The van der Waals surface area contributed by atoms with Crippen LogP contribution in [-0.4, -0.2) is 54.0 Å². The summed E-state index contributed by atoms with van der Waals surface area (Å²) in [5.41, 5.74) is 15.7. The van der Waals surface area contributed by atoms with E-state index in [1.807, 2.05) is 140 Å². The van der Waals surface area contributed by atoms with E-state index < -0.39 is 0 Å². The van der Waals surface area contributed by atoms with Gasteiger partial charge in [-0.1, -0.05) is 0 Å². The van der Waals surface area contributed by atoms with Crippen LogP contribution in [-0.2, 0) is 0 Å². The number of nitrogens with one attached hydrogen (secondary N) is 4. The fourth-order valence-electron chi connectivity index (χ4n) is 7.37. The Bertz CT molecular complexity index is 3180. The summed E-state index contributed by atoms with van der Waals surface area (Å²) in [5, 5.41) is 3.38. The number of nitrogens with zero attached hydrogens (tertiary/aromatic N) is 6. The van der Waals surface area contributed by atoms with E-state index in [-0.39, 0.29) is 0 Å². The van der Waals surface area contributed by atoms with Crippen molar-refractivity contribution in [3.05, 3.63) is 178 Å². The summed E-state index contributed by atoms with van der Waals surface area (Å²) in [7, 11) is 2.01. The lowest BCUT2D eigenvalue weighted by Crippen LogP contribution is -2.19. The normalized spacial score (nSPS) is 18.1. The third-order valence-corrected chi connectivity index (χ3v) is 10.1. The average Bonchev–Trinajstić information content (AvgIpc) is 4.05. The van der Waals surface area contributed by atoms with E-state index in [0.29, 0.717) is 33.9 Å². The van der Waals surface area contributed by atoms with Crippen molar-refractivity contribution < 1.29 is 0 Å². The lowest BCUT2D eigenvalue weighted by molar-refractivity contribution is 0.574. The van der Waals surface area contributed by atoms with E-state index in [0.717, 1.165) is 79.1 Å². The van der Waals surface area contributed by atoms with E-state index in [4.69, 9.17) is 24.9 Å². The first-order valence-electron chi connectivity index (χ1n) is 18.7. The number of hydrogen-bond acceptors (Lipinski definition) is 7. The molecule has 4 aromatic rings. The predicted octanol–water partition coefficient (Wildman–Crippen LogP) is 8.24. The van der Waals surface area contributed by atoms with Gasteiger partial charge in [0, 0.05) is 47.2 Å². The Morgan fingerprint density at radius 2 is 1.26 bits per heavy atom. The Balaban J connectivity index is 1.02. The van der Waals surface area contributed by atoms with Crippen molar-refractivity contribution in [1.29, 1.82) is 0 Å². The molecular weight excluding hydrogens is 717 g/mol. The largest absolute Gasteiger partial charge is 0.355 e. The van der Waals surface area contributed by atoms with Crippen molar-refractivity contribution in [2.24, 2.45) is 15.0 Å². The first-order valence-corrected chi connectivity index (χ1v) is 18.7. The third kappa shape index (κ3) is 6.23. The van der Waals surface area contributed by atoms with Crippen LogP contribution in [0, 0.1) is 23.7 Å². The summed E-state index contributed by atoms with van der Waals surface area (Å²) < 4.78 is 0. The van der Waals surface area contributed by atoms with Crippen molar-refractivity contribution in [2.45, 2.75) is 0 Å². The summed E-state index contributed by atoms with van der Waals surface area (Å²) in [6.45, 7) is 0. The van der Waals surface area contributed by atoms with Gasteiger partial charge >= 0.3 is 0 Å². The minimum absolute atomic E-state index is 0.668. The maximum Gasteiger partial charge on any atom is 0.121 e. The molecule has 0 fully saturated rings. The van der Waals surface area contributed by atoms with Gasteiger partial charge in [0.05, 0.1) is 79.4 Å². The summed E-state index contributed by atoms with van der Waals surface area (Å²) >= 11 is 0. The van der Waals surface area contributed by atoms with Gasteiger partial charge in [0.15, 0.2) is 0 Å². The van der Waals surface area contributed by atoms with Gasteiger partial charge in [0.1, 0.15) is 5.82 Å². The van der Waals surface area contributed by atoms with Crippen molar-refractivity contribution in [3.8, 4) is 23.7 Å². The lowest BCUT2D eigenvalue weighted by Gasteiger charge is -2.16. The first kappa shape index (κ1) is 32.9. The molecular formula is C48H30N10. The van der Waals surface area contributed by atoms with E-state index in [1.54, 1.807) is 0 Å². The van der Waals surface area contributed by atoms with Gasteiger partial charge in [-0.25, -0.2) is 24.9 Å². The summed E-state index contributed by atoms with van der Waals surface area (Å²) in [6.07, 6.45) is 27.7. The van der Waals surface area contributed by atoms with Gasteiger partial charge in [-0.15, -0.1) is 0 Å². The zero-order valence-corrected chi connectivity index (χ0v) is 31.0. The molecule has 10 heteroatoms. The monoisotopic (exact) mass is 746 g/mol. The Kier molecular flexibility index (Phi) is 7.59. The van der Waals surface area contributed by atoms with Crippen molar-refractivity contribution in [3.63, 3.8) is 0 Å². The van der Waals surface area contributed by atoms with Crippen LogP contribution >= 0.6 is 0 Å². The topological polar surface area (TPSA) is 126 Å². The van der Waals surface area contributed by atoms with E-state index >= 15 is 0 Å². The Hall–Kier alpha value is -8.47. The maximum atomic E-state index is 5.01. The second kappa shape index (κ2) is 13.4. The van der Waals surface area contributed by atoms with Crippen LogP contribution < -0.4 is 5.32 Å². The van der Waals surface area contributed by atoms with E-state index in [2.05, 4.69) is 56.1 Å². The molecule has 16 bridgehead atoms. The molecule has 0 radical (unpaired) electrons. The zero-order chi connectivity index (χ0) is 38.6. The third-order valence-electron chi connectivity index (χ3n) is 10.1. The number of aromatic amines is 3. The van der Waals surface area contributed by atoms with Crippen LogP contribution in [0.1, 0.15) is 39.7 Å². The molecule has 0 aromatic carbocycles. The van der Waals surface area contributed by atoms with Crippen LogP contribution in [0.4, 0.5) is 0 Å². The molecule has 0 amide bonds. The predicted molar refractivity (Wildman–Crippen MR) is 234 cm³/mol. The van der Waals surface area contributed by atoms with Crippen molar-refractivity contribution in [1.82, 2.24) is 35.1 Å². The molecule has 4 aromatic heterocycles. The quantitative estimate of drug-likeness (QED) is 0.117. The highest BCUT2D eigenvalue weighted by molar-refractivity contribution is 6.31. The number of aromatic nitrogens is 5. The number of H-pyrrole nitrogens is 3. The second-order valence-corrected chi connectivity index (χ2v) is 14.1. The first-order chi connectivity index (χ1) is 28.5. The molecule has 7 aliphatic rings. The van der Waals surface area contributed by atoms with Crippen LogP contribution in [0.15, 0.2) is 153 Å². The van der Waals surface area contributed by atoms with Crippen LogP contribution in [0.5, 0.6) is 0 Å².